The van der Waals surface area contributed by atoms with Crippen LogP contribution in [-0.4, -0.2) is 41.3 Å². The maximum absolute atomic E-state index is 12.5. The molecule has 148 valence electrons. The lowest BCUT2D eigenvalue weighted by molar-refractivity contribution is -0.138. The number of benzene rings is 1. The number of rotatable bonds is 8. The predicted molar refractivity (Wildman–Crippen MR) is 110 cm³/mol. The first-order valence-electron chi connectivity index (χ1n) is 9.81. The van der Waals surface area contributed by atoms with Crippen molar-refractivity contribution in [2.24, 2.45) is 5.92 Å². The van der Waals surface area contributed by atoms with Gasteiger partial charge in [-0.2, -0.15) is 0 Å². The van der Waals surface area contributed by atoms with Crippen LogP contribution in [0.5, 0.6) is 0 Å². The van der Waals surface area contributed by atoms with Crippen LogP contribution >= 0.6 is 11.6 Å². The summed E-state index contributed by atoms with van der Waals surface area (Å²) in [5.74, 6) is 0.0518. The van der Waals surface area contributed by atoms with Crippen molar-refractivity contribution >= 4 is 23.4 Å². The Hall–Kier alpha value is -2.40. The van der Waals surface area contributed by atoms with Crippen molar-refractivity contribution in [3.05, 3.63) is 64.9 Å². The van der Waals surface area contributed by atoms with E-state index in [0.29, 0.717) is 37.5 Å². The van der Waals surface area contributed by atoms with E-state index < -0.39 is 0 Å². The van der Waals surface area contributed by atoms with Crippen LogP contribution in [0.3, 0.4) is 0 Å². The fourth-order valence-electron chi connectivity index (χ4n) is 3.43. The highest BCUT2D eigenvalue weighted by Gasteiger charge is 2.29. The minimum absolute atomic E-state index is 0.0463. The van der Waals surface area contributed by atoms with E-state index in [1.807, 2.05) is 47.4 Å². The summed E-state index contributed by atoms with van der Waals surface area (Å²) in [5, 5.41) is 3.72. The van der Waals surface area contributed by atoms with Crippen LogP contribution in [0.15, 0.2) is 48.7 Å². The Morgan fingerprint density at radius 3 is 2.75 bits per heavy atom. The molecule has 0 bridgehead atoms. The smallest absolute Gasteiger partial charge is 0.224 e. The minimum atomic E-state index is -0.127. The van der Waals surface area contributed by atoms with Gasteiger partial charge >= 0.3 is 0 Å². The van der Waals surface area contributed by atoms with E-state index in [1.165, 1.54) is 0 Å². The Bertz CT molecular complexity index is 780. The lowest BCUT2D eigenvalue weighted by atomic mass is 9.96. The Balaban J connectivity index is 1.41. The van der Waals surface area contributed by atoms with E-state index >= 15 is 0 Å². The summed E-state index contributed by atoms with van der Waals surface area (Å²) in [7, 11) is 0. The number of piperidine rings is 1. The first-order valence-corrected chi connectivity index (χ1v) is 10.2. The Kier molecular flexibility index (Phi) is 7.43. The van der Waals surface area contributed by atoms with Gasteiger partial charge in [-0.15, -0.1) is 0 Å². The number of carbonyl (C=O) groups excluding carboxylic acids is 2. The Morgan fingerprint density at radius 2 is 2.00 bits per heavy atom. The molecule has 0 aliphatic carbocycles. The maximum atomic E-state index is 12.5. The second-order valence-electron chi connectivity index (χ2n) is 7.17. The van der Waals surface area contributed by atoms with Crippen molar-refractivity contribution in [3.63, 3.8) is 0 Å². The molecule has 1 saturated heterocycles. The van der Waals surface area contributed by atoms with Gasteiger partial charge in [0.2, 0.25) is 11.8 Å². The molecule has 0 radical (unpaired) electrons. The van der Waals surface area contributed by atoms with E-state index in [0.717, 1.165) is 30.5 Å². The maximum Gasteiger partial charge on any atom is 0.224 e. The lowest BCUT2D eigenvalue weighted by Gasteiger charge is -2.32. The molecule has 6 heteroatoms. The number of hydrogen-bond donors (Lipinski definition) is 1. The van der Waals surface area contributed by atoms with Crippen molar-refractivity contribution in [1.82, 2.24) is 15.2 Å². The van der Waals surface area contributed by atoms with E-state index in [4.69, 9.17) is 11.6 Å². The molecule has 2 heterocycles. The van der Waals surface area contributed by atoms with Gasteiger partial charge in [0, 0.05) is 43.0 Å². The molecule has 5 nitrogen and oxygen atoms in total. The molecule has 1 fully saturated rings. The third kappa shape index (κ3) is 6.06. The molecular formula is C22H26ClN3O2. The van der Waals surface area contributed by atoms with Crippen molar-refractivity contribution in [2.45, 2.75) is 32.1 Å². The summed E-state index contributed by atoms with van der Waals surface area (Å²) < 4.78 is 0. The molecule has 3 rings (SSSR count). The predicted octanol–water partition coefficient (Wildman–Crippen LogP) is 3.27. The van der Waals surface area contributed by atoms with Gasteiger partial charge in [-0.3, -0.25) is 14.6 Å². The zero-order valence-corrected chi connectivity index (χ0v) is 16.7. The van der Waals surface area contributed by atoms with Gasteiger partial charge in [0.05, 0.1) is 5.92 Å². The Labute approximate surface area is 171 Å². The fourth-order valence-corrected chi connectivity index (χ4v) is 3.56. The van der Waals surface area contributed by atoms with Crippen LogP contribution in [0, 0.1) is 5.92 Å². The standard InChI is InChI=1S/C22H26ClN3O2/c23-19-9-6-17(7-10-19)12-15-26-16-18(8-11-21(26)27)22(28)25-14-3-5-20-4-1-2-13-24-20/h1-2,4,6-7,9-10,13,18H,3,5,8,11-12,14-16H2,(H,25,28)/t18-/m1/s1. The first-order chi connectivity index (χ1) is 13.6. The van der Waals surface area contributed by atoms with E-state index in [-0.39, 0.29) is 17.7 Å². The molecule has 1 atom stereocenters. The zero-order valence-electron chi connectivity index (χ0n) is 15.9. The van der Waals surface area contributed by atoms with Crippen LogP contribution in [0.2, 0.25) is 5.02 Å². The second-order valence-corrected chi connectivity index (χ2v) is 7.60. The molecule has 0 saturated carbocycles. The van der Waals surface area contributed by atoms with Crippen molar-refractivity contribution in [1.29, 1.82) is 0 Å². The minimum Gasteiger partial charge on any atom is -0.356 e. The van der Waals surface area contributed by atoms with Crippen LogP contribution in [0.25, 0.3) is 0 Å². The van der Waals surface area contributed by atoms with Gasteiger partial charge in [-0.05, 0) is 55.5 Å². The zero-order chi connectivity index (χ0) is 19.8. The van der Waals surface area contributed by atoms with E-state index in [9.17, 15) is 9.59 Å². The quantitative estimate of drug-likeness (QED) is 0.693. The molecule has 0 unspecified atom stereocenters. The van der Waals surface area contributed by atoms with Crippen molar-refractivity contribution < 1.29 is 9.59 Å². The summed E-state index contributed by atoms with van der Waals surface area (Å²) in [6, 6.07) is 13.5. The largest absolute Gasteiger partial charge is 0.356 e. The number of hydrogen-bond acceptors (Lipinski definition) is 3. The van der Waals surface area contributed by atoms with Gasteiger partial charge in [-0.25, -0.2) is 0 Å². The normalized spacial score (nSPS) is 16.8. The summed E-state index contributed by atoms with van der Waals surface area (Å²) in [4.78, 5) is 30.8. The van der Waals surface area contributed by atoms with Crippen LogP contribution < -0.4 is 5.32 Å². The molecule has 1 aliphatic rings. The average molecular weight is 400 g/mol. The Morgan fingerprint density at radius 1 is 1.18 bits per heavy atom. The molecule has 28 heavy (non-hydrogen) atoms. The molecule has 1 N–H and O–H groups in total. The third-order valence-electron chi connectivity index (χ3n) is 5.09. The highest BCUT2D eigenvalue weighted by molar-refractivity contribution is 6.30. The lowest BCUT2D eigenvalue weighted by Crippen LogP contribution is -2.46. The monoisotopic (exact) mass is 399 g/mol. The summed E-state index contributed by atoms with van der Waals surface area (Å²) in [6.45, 7) is 1.76. The van der Waals surface area contributed by atoms with E-state index in [1.54, 1.807) is 6.20 Å². The number of nitrogens with zero attached hydrogens (tertiary/aromatic N) is 2. The second kappa shape index (κ2) is 10.2. The summed E-state index contributed by atoms with van der Waals surface area (Å²) >= 11 is 5.91. The molecular weight excluding hydrogens is 374 g/mol. The van der Waals surface area contributed by atoms with Gasteiger partial charge in [0.25, 0.3) is 0 Å². The number of halogens is 1. The number of carbonyl (C=O) groups is 2. The molecule has 1 aliphatic heterocycles. The van der Waals surface area contributed by atoms with E-state index in [2.05, 4.69) is 10.3 Å². The molecule has 2 aromatic rings. The van der Waals surface area contributed by atoms with Crippen LogP contribution in [0.1, 0.15) is 30.5 Å². The van der Waals surface area contributed by atoms with Gasteiger partial charge in [-0.1, -0.05) is 29.8 Å². The number of aromatic nitrogens is 1. The highest BCUT2D eigenvalue weighted by Crippen LogP contribution is 2.19. The number of aryl methyl sites for hydroxylation is 1. The summed E-state index contributed by atoms with van der Waals surface area (Å²) in [6.07, 6.45) is 5.31. The van der Waals surface area contributed by atoms with Gasteiger partial charge in [0.15, 0.2) is 0 Å². The van der Waals surface area contributed by atoms with Gasteiger partial charge < -0.3 is 10.2 Å². The molecule has 1 aromatic carbocycles. The van der Waals surface area contributed by atoms with Crippen LogP contribution in [-0.2, 0) is 22.4 Å². The van der Waals surface area contributed by atoms with Crippen molar-refractivity contribution in [2.75, 3.05) is 19.6 Å². The number of nitrogens with one attached hydrogen (secondary N) is 1. The first kappa shape index (κ1) is 20.3. The van der Waals surface area contributed by atoms with Crippen LogP contribution in [0.4, 0.5) is 0 Å². The number of pyridine rings is 1. The molecule has 1 aromatic heterocycles. The highest BCUT2D eigenvalue weighted by atomic mass is 35.5. The number of amides is 2. The topological polar surface area (TPSA) is 62.3 Å². The molecule has 2 amide bonds. The average Bonchev–Trinajstić information content (AvgIpc) is 2.72. The molecule has 0 spiro atoms. The van der Waals surface area contributed by atoms with Crippen molar-refractivity contribution in [3.8, 4) is 0 Å². The SMILES string of the molecule is O=C(NCCCc1ccccn1)[C@@H]1CCC(=O)N(CCc2ccc(Cl)cc2)C1. The summed E-state index contributed by atoms with van der Waals surface area (Å²) in [5.41, 5.74) is 2.17. The number of likely N-dealkylation sites (tertiary alicyclic amines) is 1. The fraction of sp³-hybridized carbons (Fsp3) is 0.409. The third-order valence-corrected chi connectivity index (χ3v) is 5.34. The van der Waals surface area contributed by atoms with Gasteiger partial charge in [0.1, 0.15) is 0 Å².